The summed E-state index contributed by atoms with van der Waals surface area (Å²) in [6.07, 6.45) is 0.810. The van der Waals surface area contributed by atoms with E-state index in [9.17, 15) is 9.18 Å². The maximum Gasteiger partial charge on any atom is 0.226 e. The fourth-order valence-electron chi connectivity index (χ4n) is 3.50. The molecule has 0 N–H and O–H groups in total. The van der Waals surface area contributed by atoms with Gasteiger partial charge in [-0.3, -0.25) is 4.79 Å². The van der Waals surface area contributed by atoms with Crippen molar-refractivity contribution in [2.45, 2.75) is 18.4 Å². The Morgan fingerprint density at radius 1 is 1.04 bits per heavy atom. The lowest BCUT2D eigenvalue weighted by molar-refractivity contribution is -0.140. The molecule has 0 radical (unpaired) electrons. The average molecular weight is 325 g/mol. The lowest BCUT2D eigenvalue weighted by Crippen LogP contribution is -2.43. The van der Waals surface area contributed by atoms with Crippen molar-refractivity contribution in [3.63, 3.8) is 0 Å². The van der Waals surface area contributed by atoms with Gasteiger partial charge in [0.05, 0.1) is 13.2 Å². The maximum absolute atomic E-state index is 13.0. The highest BCUT2D eigenvalue weighted by Gasteiger charge is 2.46. The van der Waals surface area contributed by atoms with Crippen LogP contribution in [0, 0.1) is 11.7 Å². The normalized spacial score (nSPS) is 26.2. The first kappa shape index (κ1) is 15.3. The van der Waals surface area contributed by atoms with E-state index in [1.807, 2.05) is 35.2 Å². The number of hydrogen-bond donors (Lipinski definition) is 0. The molecule has 2 fully saturated rings. The smallest absolute Gasteiger partial charge is 0.226 e. The zero-order valence-electron chi connectivity index (χ0n) is 13.4. The van der Waals surface area contributed by atoms with Crippen molar-refractivity contribution in [2.75, 3.05) is 19.7 Å². The molecule has 1 amide bonds. The van der Waals surface area contributed by atoms with E-state index in [4.69, 9.17) is 4.74 Å². The van der Waals surface area contributed by atoms with Crippen molar-refractivity contribution in [1.29, 1.82) is 0 Å². The number of halogens is 1. The molecule has 3 nitrogen and oxygen atoms in total. The number of morpholine rings is 1. The van der Waals surface area contributed by atoms with Crippen molar-refractivity contribution in [3.8, 4) is 0 Å². The third-order valence-electron chi connectivity index (χ3n) is 4.96. The first-order valence-electron chi connectivity index (χ1n) is 8.43. The molecule has 3 unspecified atom stereocenters. The van der Waals surface area contributed by atoms with Gasteiger partial charge in [0.15, 0.2) is 0 Å². The van der Waals surface area contributed by atoms with Gasteiger partial charge < -0.3 is 9.64 Å². The molecule has 0 spiro atoms. The van der Waals surface area contributed by atoms with Crippen LogP contribution in [0.5, 0.6) is 0 Å². The molecule has 1 saturated heterocycles. The summed E-state index contributed by atoms with van der Waals surface area (Å²) in [5, 5.41) is 0. The van der Waals surface area contributed by atoms with Gasteiger partial charge in [0.2, 0.25) is 5.91 Å². The maximum atomic E-state index is 13.0. The molecule has 1 aliphatic heterocycles. The van der Waals surface area contributed by atoms with E-state index in [0.29, 0.717) is 19.7 Å². The highest BCUT2D eigenvalue weighted by molar-refractivity contribution is 5.83. The van der Waals surface area contributed by atoms with Crippen LogP contribution in [0.15, 0.2) is 54.6 Å². The number of nitrogens with zero attached hydrogens (tertiary/aromatic N) is 1. The van der Waals surface area contributed by atoms with Crippen LogP contribution < -0.4 is 0 Å². The molecule has 2 aromatic rings. The zero-order chi connectivity index (χ0) is 16.5. The average Bonchev–Trinajstić information content (AvgIpc) is 3.43. The highest BCUT2D eigenvalue weighted by Crippen LogP contribution is 2.48. The van der Waals surface area contributed by atoms with Crippen molar-refractivity contribution >= 4 is 5.91 Å². The van der Waals surface area contributed by atoms with Crippen LogP contribution in [0.4, 0.5) is 4.39 Å². The SMILES string of the molecule is O=C(C1CC1c1ccc(F)cc1)N1CCOC(c2ccccc2)C1. The molecule has 3 atom stereocenters. The van der Waals surface area contributed by atoms with E-state index < -0.39 is 0 Å². The van der Waals surface area contributed by atoms with Gasteiger partial charge in [0.25, 0.3) is 0 Å². The lowest BCUT2D eigenvalue weighted by atomic mass is 10.1. The third-order valence-corrected chi connectivity index (χ3v) is 4.96. The van der Waals surface area contributed by atoms with Crippen LogP contribution in [0.1, 0.15) is 29.6 Å². The Labute approximate surface area is 141 Å². The van der Waals surface area contributed by atoms with Gasteiger partial charge >= 0.3 is 0 Å². The molecule has 24 heavy (non-hydrogen) atoms. The Bertz CT molecular complexity index is 716. The topological polar surface area (TPSA) is 29.5 Å². The fourth-order valence-corrected chi connectivity index (χ4v) is 3.50. The zero-order valence-corrected chi connectivity index (χ0v) is 13.4. The summed E-state index contributed by atoms with van der Waals surface area (Å²) >= 11 is 0. The van der Waals surface area contributed by atoms with Crippen LogP contribution in [0.2, 0.25) is 0 Å². The Kier molecular flexibility index (Phi) is 4.07. The van der Waals surface area contributed by atoms with Crippen LogP contribution in [0.25, 0.3) is 0 Å². The van der Waals surface area contributed by atoms with E-state index in [0.717, 1.165) is 17.5 Å². The molecular weight excluding hydrogens is 305 g/mol. The molecule has 1 heterocycles. The van der Waals surface area contributed by atoms with Crippen LogP contribution in [0.3, 0.4) is 0 Å². The number of amides is 1. The van der Waals surface area contributed by atoms with Crippen molar-refractivity contribution in [1.82, 2.24) is 4.90 Å². The van der Waals surface area contributed by atoms with Gasteiger partial charge in [-0.25, -0.2) is 4.39 Å². The van der Waals surface area contributed by atoms with E-state index in [2.05, 4.69) is 0 Å². The van der Waals surface area contributed by atoms with Gasteiger partial charge in [-0.15, -0.1) is 0 Å². The second kappa shape index (κ2) is 6.36. The van der Waals surface area contributed by atoms with Crippen LogP contribution in [-0.2, 0) is 9.53 Å². The van der Waals surface area contributed by atoms with E-state index >= 15 is 0 Å². The largest absolute Gasteiger partial charge is 0.370 e. The van der Waals surface area contributed by atoms with Crippen molar-refractivity contribution < 1.29 is 13.9 Å². The number of benzene rings is 2. The number of hydrogen-bond acceptors (Lipinski definition) is 2. The first-order chi connectivity index (χ1) is 11.7. The Morgan fingerprint density at radius 3 is 2.54 bits per heavy atom. The Hall–Kier alpha value is -2.20. The summed E-state index contributed by atoms with van der Waals surface area (Å²) in [6, 6.07) is 16.6. The van der Waals surface area contributed by atoms with Gasteiger partial charge in [0.1, 0.15) is 11.9 Å². The quantitative estimate of drug-likeness (QED) is 0.864. The molecule has 0 bridgehead atoms. The summed E-state index contributed by atoms with van der Waals surface area (Å²) in [5.41, 5.74) is 2.17. The summed E-state index contributed by atoms with van der Waals surface area (Å²) in [4.78, 5) is 14.7. The van der Waals surface area contributed by atoms with Gasteiger partial charge in [0, 0.05) is 12.5 Å². The predicted octanol–water partition coefficient (Wildman–Crippen LogP) is 3.53. The second-order valence-electron chi connectivity index (χ2n) is 6.55. The third kappa shape index (κ3) is 3.06. The first-order valence-corrected chi connectivity index (χ1v) is 8.43. The Balaban J connectivity index is 1.41. The molecule has 124 valence electrons. The Morgan fingerprint density at radius 2 is 1.79 bits per heavy atom. The number of rotatable bonds is 3. The van der Waals surface area contributed by atoms with Crippen molar-refractivity contribution in [2.24, 2.45) is 5.92 Å². The minimum atomic E-state index is -0.235. The minimum Gasteiger partial charge on any atom is -0.370 e. The van der Waals surface area contributed by atoms with E-state index in [1.165, 1.54) is 12.1 Å². The minimum absolute atomic E-state index is 0.0324. The molecule has 0 aromatic heterocycles. The standard InChI is InChI=1S/C20H20FNO2/c21-16-8-6-14(7-9-16)17-12-18(17)20(23)22-10-11-24-19(13-22)15-4-2-1-3-5-15/h1-9,17-19H,10-13H2. The molecule has 1 aliphatic carbocycles. The van der Waals surface area contributed by atoms with E-state index in [-0.39, 0.29) is 29.7 Å². The fraction of sp³-hybridized carbons (Fsp3) is 0.350. The molecular formula is C20H20FNO2. The summed E-state index contributed by atoms with van der Waals surface area (Å²) < 4.78 is 18.9. The van der Waals surface area contributed by atoms with E-state index in [1.54, 1.807) is 12.1 Å². The molecule has 2 aromatic carbocycles. The number of carbonyl (C=O) groups excluding carboxylic acids is 1. The van der Waals surface area contributed by atoms with Crippen LogP contribution >= 0.6 is 0 Å². The summed E-state index contributed by atoms with van der Waals surface area (Å²) in [7, 11) is 0. The van der Waals surface area contributed by atoms with Gasteiger partial charge in [-0.05, 0) is 35.6 Å². The summed E-state index contributed by atoms with van der Waals surface area (Å²) in [6.45, 7) is 1.82. The van der Waals surface area contributed by atoms with Crippen molar-refractivity contribution in [3.05, 3.63) is 71.5 Å². The molecule has 4 heteroatoms. The number of ether oxygens (including phenoxy) is 1. The molecule has 2 aliphatic rings. The van der Waals surface area contributed by atoms with Gasteiger partial charge in [-0.2, -0.15) is 0 Å². The second-order valence-corrected chi connectivity index (χ2v) is 6.55. The monoisotopic (exact) mass is 325 g/mol. The predicted molar refractivity (Wildman–Crippen MR) is 89.0 cm³/mol. The molecule has 1 saturated carbocycles. The number of carbonyl (C=O) groups is 1. The van der Waals surface area contributed by atoms with Crippen LogP contribution in [-0.4, -0.2) is 30.5 Å². The molecule has 4 rings (SSSR count). The summed E-state index contributed by atoms with van der Waals surface area (Å²) in [5.74, 6) is 0.232. The van der Waals surface area contributed by atoms with Gasteiger partial charge in [-0.1, -0.05) is 42.5 Å². The highest BCUT2D eigenvalue weighted by atomic mass is 19.1. The lowest BCUT2D eigenvalue weighted by Gasteiger charge is -2.33.